The smallest absolute Gasteiger partial charge is 0.0547 e. The molecule has 3 heteroatoms. The summed E-state index contributed by atoms with van der Waals surface area (Å²) in [4.78, 5) is 6.96. The topological polar surface area (TPSA) is 42.1 Å². The summed E-state index contributed by atoms with van der Waals surface area (Å²) in [5.74, 6) is 0. The number of hydrogen-bond acceptors (Lipinski definition) is 3. The van der Waals surface area contributed by atoms with E-state index in [4.69, 9.17) is 5.73 Å². The van der Waals surface area contributed by atoms with Gasteiger partial charge in [0.15, 0.2) is 0 Å². The van der Waals surface area contributed by atoms with E-state index in [1.165, 1.54) is 19.3 Å². The van der Waals surface area contributed by atoms with Crippen LogP contribution in [-0.2, 0) is 6.54 Å². The largest absolute Gasteiger partial charge is 0.328 e. The summed E-state index contributed by atoms with van der Waals surface area (Å²) in [6.45, 7) is 2.97. The van der Waals surface area contributed by atoms with Crippen LogP contribution in [0.5, 0.6) is 0 Å². The molecule has 1 heterocycles. The molecule has 17 heavy (non-hydrogen) atoms. The van der Waals surface area contributed by atoms with Crippen LogP contribution < -0.4 is 5.73 Å². The van der Waals surface area contributed by atoms with Crippen LogP contribution in [-0.4, -0.2) is 29.0 Å². The van der Waals surface area contributed by atoms with Gasteiger partial charge < -0.3 is 5.73 Å². The first-order valence-corrected chi connectivity index (χ1v) is 6.53. The van der Waals surface area contributed by atoms with Crippen molar-refractivity contribution in [3.05, 3.63) is 29.6 Å². The maximum absolute atomic E-state index is 6.04. The van der Waals surface area contributed by atoms with Gasteiger partial charge in [-0.05, 0) is 45.4 Å². The van der Waals surface area contributed by atoms with Gasteiger partial charge in [-0.3, -0.25) is 9.88 Å². The lowest BCUT2D eigenvalue weighted by Gasteiger charge is -2.33. The molecule has 2 N–H and O–H groups in total. The van der Waals surface area contributed by atoms with Crippen LogP contribution in [0.4, 0.5) is 0 Å². The Morgan fingerprint density at radius 2 is 2.24 bits per heavy atom. The molecule has 2 rings (SSSR count). The van der Waals surface area contributed by atoms with Gasteiger partial charge in [-0.1, -0.05) is 12.5 Å². The van der Waals surface area contributed by atoms with Gasteiger partial charge in [0.25, 0.3) is 0 Å². The number of nitrogens with two attached hydrogens (primary N) is 1. The summed E-state index contributed by atoms with van der Waals surface area (Å²) < 4.78 is 0. The van der Waals surface area contributed by atoms with E-state index >= 15 is 0 Å². The fraction of sp³-hybridized carbons (Fsp3) is 0.643. The van der Waals surface area contributed by atoms with E-state index in [1.807, 2.05) is 13.0 Å². The van der Waals surface area contributed by atoms with Crippen LogP contribution >= 0.6 is 0 Å². The molecule has 0 amide bonds. The second-order valence-corrected chi connectivity index (χ2v) is 5.27. The number of hydrogen-bond donors (Lipinski definition) is 1. The summed E-state index contributed by atoms with van der Waals surface area (Å²) in [5.41, 5.74) is 8.29. The van der Waals surface area contributed by atoms with Crippen LogP contribution in [0.15, 0.2) is 18.2 Å². The van der Waals surface area contributed by atoms with E-state index in [0.29, 0.717) is 12.1 Å². The highest BCUT2D eigenvalue weighted by Gasteiger charge is 2.22. The molecule has 0 aliphatic heterocycles. The van der Waals surface area contributed by atoms with Gasteiger partial charge in [0.05, 0.1) is 5.69 Å². The molecule has 3 nitrogen and oxygen atoms in total. The van der Waals surface area contributed by atoms with E-state index < -0.39 is 0 Å². The number of aromatic nitrogens is 1. The van der Waals surface area contributed by atoms with Gasteiger partial charge >= 0.3 is 0 Å². The quantitative estimate of drug-likeness (QED) is 0.869. The first kappa shape index (κ1) is 12.5. The van der Waals surface area contributed by atoms with Crippen molar-refractivity contribution in [3.8, 4) is 0 Å². The summed E-state index contributed by atoms with van der Waals surface area (Å²) in [5, 5.41) is 0. The van der Waals surface area contributed by atoms with E-state index in [0.717, 1.165) is 24.4 Å². The lowest BCUT2D eigenvalue weighted by atomic mass is 9.91. The van der Waals surface area contributed by atoms with E-state index in [-0.39, 0.29) is 0 Å². The highest BCUT2D eigenvalue weighted by atomic mass is 15.1. The highest BCUT2D eigenvalue weighted by Crippen LogP contribution is 2.22. The van der Waals surface area contributed by atoms with Crippen molar-refractivity contribution >= 4 is 0 Å². The molecule has 1 aliphatic rings. The molecule has 1 fully saturated rings. The Bertz CT molecular complexity index is 364. The molecule has 1 aromatic rings. The predicted octanol–water partition coefficient (Wildman–Crippen LogP) is 2.09. The van der Waals surface area contributed by atoms with E-state index in [9.17, 15) is 0 Å². The van der Waals surface area contributed by atoms with Crippen molar-refractivity contribution in [3.63, 3.8) is 0 Å². The zero-order valence-electron chi connectivity index (χ0n) is 10.9. The molecule has 2 unspecified atom stereocenters. The third kappa shape index (κ3) is 3.51. The molecule has 1 aliphatic carbocycles. The van der Waals surface area contributed by atoms with Crippen LogP contribution in [0.1, 0.15) is 37.1 Å². The molecule has 0 bridgehead atoms. The third-order valence-corrected chi connectivity index (χ3v) is 3.67. The van der Waals surface area contributed by atoms with Crippen LogP contribution in [0, 0.1) is 6.92 Å². The van der Waals surface area contributed by atoms with E-state index in [2.05, 4.69) is 29.1 Å². The molecule has 1 saturated carbocycles. The number of aryl methyl sites for hydroxylation is 1. The second-order valence-electron chi connectivity index (χ2n) is 5.27. The van der Waals surface area contributed by atoms with Crippen molar-refractivity contribution in [2.75, 3.05) is 7.05 Å². The standard InChI is InChI=1S/C14H23N3/c1-11-5-3-7-13(16-11)10-17(2)14-8-4-6-12(15)9-14/h3,5,7,12,14H,4,6,8-10,15H2,1-2H3. The molecule has 1 aromatic heterocycles. The number of pyridine rings is 1. The molecule has 0 spiro atoms. The van der Waals surface area contributed by atoms with Gasteiger partial charge in [0.1, 0.15) is 0 Å². The number of rotatable bonds is 3. The van der Waals surface area contributed by atoms with Gasteiger partial charge in [0, 0.05) is 24.3 Å². The minimum absolute atomic E-state index is 0.390. The Morgan fingerprint density at radius 3 is 2.94 bits per heavy atom. The van der Waals surface area contributed by atoms with Crippen molar-refractivity contribution in [1.29, 1.82) is 0 Å². The molecule has 0 radical (unpaired) electrons. The number of nitrogens with zero attached hydrogens (tertiary/aromatic N) is 2. The van der Waals surface area contributed by atoms with E-state index in [1.54, 1.807) is 0 Å². The highest BCUT2D eigenvalue weighted by molar-refractivity contribution is 5.09. The van der Waals surface area contributed by atoms with Crippen molar-refractivity contribution in [2.24, 2.45) is 5.73 Å². The van der Waals surface area contributed by atoms with Gasteiger partial charge in [-0.25, -0.2) is 0 Å². The van der Waals surface area contributed by atoms with Gasteiger partial charge in [-0.15, -0.1) is 0 Å². The van der Waals surface area contributed by atoms with Crippen LogP contribution in [0.25, 0.3) is 0 Å². The zero-order valence-corrected chi connectivity index (χ0v) is 10.9. The molecular weight excluding hydrogens is 210 g/mol. The minimum atomic E-state index is 0.390. The maximum Gasteiger partial charge on any atom is 0.0547 e. The van der Waals surface area contributed by atoms with Crippen molar-refractivity contribution in [1.82, 2.24) is 9.88 Å². The summed E-state index contributed by atoms with van der Waals surface area (Å²) in [7, 11) is 2.19. The Morgan fingerprint density at radius 1 is 1.41 bits per heavy atom. The Kier molecular flexibility index (Phi) is 4.13. The zero-order chi connectivity index (χ0) is 12.3. The summed E-state index contributed by atoms with van der Waals surface area (Å²) in [6.07, 6.45) is 4.85. The third-order valence-electron chi connectivity index (χ3n) is 3.67. The minimum Gasteiger partial charge on any atom is -0.328 e. The Labute approximate surface area is 104 Å². The van der Waals surface area contributed by atoms with Gasteiger partial charge in [0.2, 0.25) is 0 Å². The lowest BCUT2D eigenvalue weighted by Crippen LogP contribution is -2.40. The Balaban J connectivity index is 1.94. The van der Waals surface area contributed by atoms with Crippen LogP contribution in [0.2, 0.25) is 0 Å². The summed E-state index contributed by atoms with van der Waals surface area (Å²) >= 11 is 0. The SMILES string of the molecule is Cc1cccc(CN(C)C2CCCC(N)C2)n1. The van der Waals surface area contributed by atoms with Gasteiger partial charge in [-0.2, -0.15) is 0 Å². The molecule has 0 saturated heterocycles. The first-order valence-electron chi connectivity index (χ1n) is 6.53. The van der Waals surface area contributed by atoms with Crippen molar-refractivity contribution in [2.45, 2.75) is 51.2 Å². The molecular formula is C14H23N3. The monoisotopic (exact) mass is 233 g/mol. The molecule has 0 aromatic carbocycles. The normalized spacial score (nSPS) is 25.2. The predicted molar refractivity (Wildman–Crippen MR) is 70.7 cm³/mol. The Hall–Kier alpha value is -0.930. The van der Waals surface area contributed by atoms with Crippen molar-refractivity contribution < 1.29 is 0 Å². The fourth-order valence-electron chi connectivity index (χ4n) is 2.67. The second kappa shape index (κ2) is 5.61. The average Bonchev–Trinajstić information content (AvgIpc) is 2.29. The maximum atomic E-state index is 6.04. The lowest BCUT2D eigenvalue weighted by molar-refractivity contribution is 0.172. The molecule has 2 atom stereocenters. The first-order chi connectivity index (χ1) is 8.15. The molecule has 94 valence electrons. The fourth-order valence-corrected chi connectivity index (χ4v) is 2.67. The summed E-state index contributed by atoms with van der Waals surface area (Å²) in [6, 6.07) is 7.24. The average molecular weight is 233 g/mol. The van der Waals surface area contributed by atoms with Crippen LogP contribution in [0.3, 0.4) is 0 Å².